The molecule has 0 aromatic rings. The average molecular weight is 137 g/mol. The molecule has 0 atom stereocenters. The van der Waals surface area contributed by atoms with Crippen LogP contribution in [0, 0.1) is 6.42 Å². The van der Waals surface area contributed by atoms with E-state index in [2.05, 4.69) is 18.6 Å². The lowest BCUT2D eigenvalue weighted by Gasteiger charge is -2.01. The SMILES string of the molecule is [CH]1CC/C=C\CCCCC1. The fourth-order valence-electron chi connectivity index (χ4n) is 1.32. The first-order valence-corrected chi connectivity index (χ1v) is 4.47. The van der Waals surface area contributed by atoms with E-state index in [1.54, 1.807) is 0 Å². The molecule has 0 unspecified atom stereocenters. The molecular weight excluding hydrogens is 120 g/mol. The first-order chi connectivity index (χ1) is 5.00. The zero-order valence-corrected chi connectivity index (χ0v) is 6.68. The Balaban J connectivity index is 2.13. The van der Waals surface area contributed by atoms with E-state index < -0.39 is 0 Å². The van der Waals surface area contributed by atoms with Crippen molar-refractivity contribution in [2.75, 3.05) is 0 Å². The first kappa shape index (κ1) is 7.84. The van der Waals surface area contributed by atoms with Gasteiger partial charge in [-0.15, -0.1) is 0 Å². The van der Waals surface area contributed by atoms with Crippen molar-refractivity contribution in [1.29, 1.82) is 0 Å². The van der Waals surface area contributed by atoms with E-state index in [4.69, 9.17) is 0 Å². The maximum atomic E-state index is 2.43. The highest BCUT2D eigenvalue weighted by molar-refractivity contribution is 4.84. The molecule has 0 spiro atoms. The van der Waals surface area contributed by atoms with Gasteiger partial charge in [-0.05, 0) is 32.1 Å². The molecule has 57 valence electrons. The number of allylic oxidation sites excluding steroid dienone is 2. The summed E-state index contributed by atoms with van der Waals surface area (Å²) in [6.45, 7) is 0. The molecule has 0 amide bonds. The lowest BCUT2D eigenvalue weighted by atomic mass is 10.1. The lowest BCUT2D eigenvalue weighted by molar-refractivity contribution is 0.661. The third kappa shape index (κ3) is 3.71. The quantitative estimate of drug-likeness (QED) is 0.448. The Kier molecular flexibility index (Phi) is 4.33. The molecule has 10 heavy (non-hydrogen) atoms. The van der Waals surface area contributed by atoms with Gasteiger partial charge in [0, 0.05) is 0 Å². The fourth-order valence-corrected chi connectivity index (χ4v) is 1.32. The lowest BCUT2D eigenvalue weighted by Crippen LogP contribution is -1.82. The Morgan fingerprint density at radius 3 is 2.40 bits per heavy atom. The van der Waals surface area contributed by atoms with Crippen LogP contribution < -0.4 is 0 Å². The minimum Gasteiger partial charge on any atom is -0.0885 e. The monoisotopic (exact) mass is 137 g/mol. The van der Waals surface area contributed by atoms with Gasteiger partial charge in [0.25, 0.3) is 0 Å². The molecule has 0 bridgehead atoms. The van der Waals surface area contributed by atoms with Crippen LogP contribution in [0.3, 0.4) is 0 Å². The van der Waals surface area contributed by atoms with Crippen LogP contribution in [0.15, 0.2) is 12.2 Å². The summed E-state index contributed by atoms with van der Waals surface area (Å²) in [5.41, 5.74) is 0. The van der Waals surface area contributed by atoms with E-state index >= 15 is 0 Å². The zero-order chi connectivity index (χ0) is 7.07. The minimum absolute atomic E-state index is 1.26. The third-order valence-corrected chi connectivity index (χ3v) is 1.98. The Hall–Kier alpha value is -0.260. The zero-order valence-electron chi connectivity index (χ0n) is 6.68. The van der Waals surface area contributed by atoms with E-state index in [-0.39, 0.29) is 0 Å². The van der Waals surface area contributed by atoms with Crippen molar-refractivity contribution in [3.05, 3.63) is 18.6 Å². The van der Waals surface area contributed by atoms with Crippen molar-refractivity contribution in [3.63, 3.8) is 0 Å². The highest BCUT2D eigenvalue weighted by Crippen LogP contribution is 2.10. The van der Waals surface area contributed by atoms with Crippen molar-refractivity contribution in [1.82, 2.24) is 0 Å². The Morgan fingerprint density at radius 1 is 0.600 bits per heavy atom. The van der Waals surface area contributed by atoms with Gasteiger partial charge < -0.3 is 0 Å². The van der Waals surface area contributed by atoms with Crippen LogP contribution in [0.25, 0.3) is 0 Å². The molecule has 0 heterocycles. The Morgan fingerprint density at radius 2 is 1.40 bits per heavy atom. The van der Waals surface area contributed by atoms with Gasteiger partial charge in [0.2, 0.25) is 0 Å². The number of hydrogen-bond acceptors (Lipinski definition) is 0. The van der Waals surface area contributed by atoms with E-state index in [0.29, 0.717) is 0 Å². The summed E-state index contributed by atoms with van der Waals surface area (Å²) in [4.78, 5) is 0. The van der Waals surface area contributed by atoms with Gasteiger partial charge in [-0.1, -0.05) is 31.4 Å². The second-order valence-electron chi connectivity index (χ2n) is 2.98. The average Bonchev–Trinajstić information content (AvgIpc) is 2.01. The highest BCUT2D eigenvalue weighted by Gasteiger charge is 1.91. The van der Waals surface area contributed by atoms with Crippen molar-refractivity contribution >= 4 is 0 Å². The summed E-state index contributed by atoms with van der Waals surface area (Å²) in [5.74, 6) is 0. The van der Waals surface area contributed by atoms with Crippen LogP contribution in [0.2, 0.25) is 0 Å². The summed E-state index contributed by atoms with van der Waals surface area (Å²) in [6.07, 6.45) is 16.5. The molecular formula is C10H17. The van der Waals surface area contributed by atoms with Gasteiger partial charge in [-0.3, -0.25) is 0 Å². The molecule has 1 aliphatic rings. The van der Waals surface area contributed by atoms with E-state index in [9.17, 15) is 0 Å². The van der Waals surface area contributed by atoms with Gasteiger partial charge in [-0.2, -0.15) is 0 Å². The first-order valence-electron chi connectivity index (χ1n) is 4.47. The smallest absolute Gasteiger partial charge is 0.0348 e. The van der Waals surface area contributed by atoms with E-state index in [1.807, 2.05) is 0 Å². The van der Waals surface area contributed by atoms with Gasteiger partial charge in [-0.25, -0.2) is 0 Å². The van der Waals surface area contributed by atoms with Gasteiger partial charge in [0.15, 0.2) is 0 Å². The van der Waals surface area contributed by atoms with Crippen LogP contribution in [0.4, 0.5) is 0 Å². The largest absolute Gasteiger partial charge is 0.0885 e. The second kappa shape index (κ2) is 5.52. The molecule has 0 N–H and O–H groups in total. The van der Waals surface area contributed by atoms with E-state index in [1.165, 1.54) is 44.9 Å². The predicted molar refractivity (Wildman–Crippen MR) is 45.8 cm³/mol. The van der Waals surface area contributed by atoms with Crippen molar-refractivity contribution in [2.24, 2.45) is 0 Å². The topological polar surface area (TPSA) is 0 Å². The van der Waals surface area contributed by atoms with Crippen LogP contribution in [0.5, 0.6) is 0 Å². The standard InChI is InChI=1S/C10H17/c1-2-4-6-8-10-9-7-5-3-1/h1-2,7H,3-6,8-10H2/b2-1-. The predicted octanol–water partition coefficient (Wildman–Crippen LogP) is 3.49. The van der Waals surface area contributed by atoms with Crippen LogP contribution in [-0.4, -0.2) is 0 Å². The van der Waals surface area contributed by atoms with Gasteiger partial charge >= 0.3 is 0 Å². The molecule has 0 aromatic heterocycles. The molecule has 0 fully saturated rings. The molecule has 1 aliphatic carbocycles. The number of rotatable bonds is 0. The molecule has 0 nitrogen and oxygen atoms in total. The molecule has 1 radical (unpaired) electrons. The fraction of sp³-hybridized carbons (Fsp3) is 0.700. The normalized spacial score (nSPS) is 25.6. The maximum Gasteiger partial charge on any atom is -0.0348 e. The minimum atomic E-state index is 1.26. The number of hydrogen-bond donors (Lipinski definition) is 0. The van der Waals surface area contributed by atoms with Crippen LogP contribution >= 0.6 is 0 Å². The van der Waals surface area contributed by atoms with Crippen LogP contribution in [0.1, 0.15) is 44.9 Å². The Bertz CT molecular complexity index is 80.2. The van der Waals surface area contributed by atoms with Crippen molar-refractivity contribution < 1.29 is 0 Å². The summed E-state index contributed by atoms with van der Waals surface area (Å²) >= 11 is 0. The van der Waals surface area contributed by atoms with E-state index in [0.717, 1.165) is 0 Å². The molecule has 0 saturated heterocycles. The molecule has 0 heteroatoms. The summed E-state index contributed by atoms with van der Waals surface area (Å²) in [7, 11) is 0. The maximum absolute atomic E-state index is 2.43. The molecule has 0 aliphatic heterocycles. The molecule has 1 rings (SSSR count). The highest BCUT2D eigenvalue weighted by atomic mass is 14.0. The summed E-state index contributed by atoms with van der Waals surface area (Å²) < 4.78 is 0. The van der Waals surface area contributed by atoms with Crippen molar-refractivity contribution in [3.8, 4) is 0 Å². The van der Waals surface area contributed by atoms with Gasteiger partial charge in [0.05, 0.1) is 0 Å². The summed E-state index contributed by atoms with van der Waals surface area (Å²) in [5, 5.41) is 0. The van der Waals surface area contributed by atoms with Gasteiger partial charge in [0.1, 0.15) is 0 Å². The van der Waals surface area contributed by atoms with Crippen LogP contribution in [-0.2, 0) is 0 Å². The molecule has 0 aromatic carbocycles. The molecule has 0 saturated carbocycles. The third-order valence-electron chi connectivity index (χ3n) is 1.98. The summed E-state index contributed by atoms with van der Waals surface area (Å²) in [6, 6.07) is 0. The Labute approximate surface area is 64.3 Å². The second-order valence-corrected chi connectivity index (χ2v) is 2.98. The van der Waals surface area contributed by atoms with Crippen molar-refractivity contribution in [2.45, 2.75) is 44.9 Å².